The first-order chi connectivity index (χ1) is 12.9. The molecule has 0 saturated heterocycles. The maximum atomic E-state index is 12.3. The Morgan fingerprint density at radius 2 is 2.04 bits per heavy atom. The number of para-hydroxylation sites is 1. The molecule has 1 amide bonds. The van der Waals surface area contributed by atoms with Gasteiger partial charge in [0.1, 0.15) is 18.2 Å². The maximum absolute atomic E-state index is 12.3. The number of ether oxygens (including phenoxy) is 1. The lowest BCUT2D eigenvalue weighted by atomic mass is 10.1. The van der Waals surface area contributed by atoms with Crippen LogP contribution in [0.15, 0.2) is 41.8 Å². The van der Waals surface area contributed by atoms with Crippen LogP contribution < -0.4 is 4.90 Å². The Morgan fingerprint density at radius 3 is 2.59 bits per heavy atom. The molecule has 0 aliphatic carbocycles. The van der Waals surface area contributed by atoms with E-state index >= 15 is 0 Å². The van der Waals surface area contributed by atoms with E-state index in [1.807, 2.05) is 32.0 Å². The summed E-state index contributed by atoms with van der Waals surface area (Å²) < 4.78 is 4.87. The second-order valence-electron chi connectivity index (χ2n) is 5.71. The van der Waals surface area contributed by atoms with Gasteiger partial charge in [-0.05, 0) is 31.1 Å². The van der Waals surface area contributed by atoms with E-state index in [1.165, 1.54) is 35.3 Å². The van der Waals surface area contributed by atoms with Gasteiger partial charge in [-0.25, -0.2) is 9.78 Å². The number of benzene rings is 1. The first-order valence-corrected chi connectivity index (χ1v) is 8.99. The van der Waals surface area contributed by atoms with Gasteiger partial charge in [0.15, 0.2) is 5.13 Å². The summed E-state index contributed by atoms with van der Waals surface area (Å²) in [5, 5.41) is 11.3. The molecule has 1 heterocycles. The number of aryl methyl sites for hydroxylation is 2. The fourth-order valence-electron chi connectivity index (χ4n) is 2.49. The van der Waals surface area contributed by atoms with Gasteiger partial charge in [-0.15, -0.1) is 11.3 Å². The number of nitrogens with zero attached hydrogens (tertiary/aromatic N) is 3. The first-order valence-electron chi connectivity index (χ1n) is 8.11. The van der Waals surface area contributed by atoms with Crippen molar-refractivity contribution in [3.8, 4) is 6.07 Å². The van der Waals surface area contributed by atoms with E-state index in [0.29, 0.717) is 10.8 Å². The lowest BCUT2D eigenvalue weighted by molar-refractivity contribution is -0.137. The average molecular weight is 381 g/mol. The summed E-state index contributed by atoms with van der Waals surface area (Å²) in [6.45, 7) is 8.80. The third-order valence-electron chi connectivity index (χ3n) is 3.64. The number of amides is 1. The summed E-state index contributed by atoms with van der Waals surface area (Å²) in [6, 6.07) is 7.59. The van der Waals surface area contributed by atoms with E-state index in [4.69, 9.17) is 4.74 Å². The standard InChI is InChI=1S/C20H19N3O3S/c1-5-9-26-19(25)16(11-21)10-17-12-27-20(22-17)23(15(4)24)18-13(2)7-6-8-14(18)3/h5-8,10,12H,1,9H2,2-4H3/b16-10+. The van der Waals surface area contributed by atoms with Crippen LogP contribution in [0.25, 0.3) is 6.08 Å². The number of hydrogen-bond acceptors (Lipinski definition) is 6. The zero-order valence-electron chi connectivity index (χ0n) is 15.4. The minimum absolute atomic E-state index is 0.0187. The Kier molecular flexibility index (Phi) is 6.63. The van der Waals surface area contributed by atoms with Crippen molar-refractivity contribution < 1.29 is 14.3 Å². The predicted molar refractivity (Wildman–Crippen MR) is 106 cm³/mol. The zero-order chi connectivity index (χ0) is 20.0. The summed E-state index contributed by atoms with van der Waals surface area (Å²) >= 11 is 1.25. The third-order valence-corrected chi connectivity index (χ3v) is 4.49. The highest BCUT2D eigenvalue weighted by atomic mass is 32.1. The molecule has 138 valence electrons. The molecule has 0 aliphatic rings. The first kappa shape index (κ1) is 20.1. The number of nitriles is 1. The Labute approximate surface area is 162 Å². The molecule has 0 aliphatic heterocycles. The number of rotatable bonds is 6. The van der Waals surface area contributed by atoms with E-state index in [0.717, 1.165) is 16.8 Å². The molecule has 6 nitrogen and oxygen atoms in total. The molecule has 0 spiro atoms. The molecule has 2 rings (SSSR count). The number of aromatic nitrogens is 1. The van der Waals surface area contributed by atoms with Crippen molar-refractivity contribution in [2.24, 2.45) is 0 Å². The van der Waals surface area contributed by atoms with Crippen LogP contribution in [0.4, 0.5) is 10.8 Å². The van der Waals surface area contributed by atoms with Crippen molar-refractivity contribution in [1.29, 1.82) is 5.26 Å². The predicted octanol–water partition coefficient (Wildman–Crippen LogP) is 4.08. The molecule has 27 heavy (non-hydrogen) atoms. The van der Waals surface area contributed by atoms with Gasteiger partial charge < -0.3 is 4.74 Å². The Hall–Kier alpha value is -3.24. The molecule has 0 bridgehead atoms. The molecule has 1 aromatic heterocycles. The SMILES string of the molecule is C=CCOC(=O)/C(C#N)=C/c1csc(N(C(C)=O)c2c(C)cccc2C)n1. The molecule has 7 heteroatoms. The van der Waals surface area contributed by atoms with Gasteiger partial charge in [-0.1, -0.05) is 30.9 Å². The van der Waals surface area contributed by atoms with Crippen LogP contribution in [0.3, 0.4) is 0 Å². The molecular formula is C20H19N3O3S. The summed E-state index contributed by atoms with van der Waals surface area (Å²) in [7, 11) is 0. The molecule has 1 aromatic carbocycles. The summed E-state index contributed by atoms with van der Waals surface area (Å²) in [5.41, 5.74) is 2.90. The molecule has 0 N–H and O–H groups in total. The van der Waals surface area contributed by atoms with Gasteiger partial charge in [-0.2, -0.15) is 5.26 Å². The largest absolute Gasteiger partial charge is 0.457 e. The van der Waals surface area contributed by atoms with Crippen LogP contribution in [-0.2, 0) is 14.3 Å². The minimum Gasteiger partial charge on any atom is -0.457 e. The number of hydrogen-bond donors (Lipinski definition) is 0. The summed E-state index contributed by atoms with van der Waals surface area (Å²) in [6.07, 6.45) is 2.76. The van der Waals surface area contributed by atoms with E-state index < -0.39 is 5.97 Å². The topological polar surface area (TPSA) is 83.3 Å². The second kappa shape index (κ2) is 8.92. The highest BCUT2D eigenvalue weighted by Crippen LogP contribution is 2.34. The molecule has 0 unspecified atom stereocenters. The lowest BCUT2D eigenvalue weighted by Crippen LogP contribution is -2.24. The number of carbonyl (C=O) groups excluding carboxylic acids is 2. The maximum Gasteiger partial charge on any atom is 0.349 e. The van der Waals surface area contributed by atoms with Gasteiger partial charge in [-0.3, -0.25) is 9.69 Å². The fourth-order valence-corrected chi connectivity index (χ4v) is 3.32. The molecule has 0 atom stereocenters. The van der Waals surface area contributed by atoms with Crippen molar-refractivity contribution >= 4 is 40.1 Å². The Balaban J connectivity index is 2.41. The van der Waals surface area contributed by atoms with E-state index in [9.17, 15) is 14.9 Å². The van der Waals surface area contributed by atoms with Gasteiger partial charge in [0.25, 0.3) is 0 Å². The molecule has 2 aromatic rings. The number of carbonyl (C=O) groups is 2. The fraction of sp³-hybridized carbons (Fsp3) is 0.200. The van der Waals surface area contributed by atoms with Crippen LogP contribution in [-0.4, -0.2) is 23.5 Å². The smallest absolute Gasteiger partial charge is 0.349 e. The zero-order valence-corrected chi connectivity index (χ0v) is 16.2. The van der Waals surface area contributed by atoms with E-state index in [1.54, 1.807) is 11.4 Å². The van der Waals surface area contributed by atoms with Crippen LogP contribution in [0.1, 0.15) is 23.7 Å². The van der Waals surface area contributed by atoms with Crippen molar-refractivity contribution in [2.45, 2.75) is 20.8 Å². The van der Waals surface area contributed by atoms with Crippen LogP contribution in [0.5, 0.6) is 0 Å². The quantitative estimate of drug-likeness (QED) is 0.326. The Bertz CT molecular complexity index is 933. The van der Waals surface area contributed by atoms with Crippen LogP contribution in [0, 0.1) is 25.2 Å². The summed E-state index contributed by atoms with van der Waals surface area (Å²) in [4.78, 5) is 30.1. The number of esters is 1. The van der Waals surface area contributed by atoms with Crippen molar-refractivity contribution in [1.82, 2.24) is 4.98 Å². The Morgan fingerprint density at radius 1 is 1.37 bits per heavy atom. The monoisotopic (exact) mass is 381 g/mol. The molecule has 0 saturated carbocycles. The average Bonchev–Trinajstić information content (AvgIpc) is 3.08. The number of thiazole rings is 1. The van der Waals surface area contributed by atoms with Crippen LogP contribution in [0.2, 0.25) is 0 Å². The highest BCUT2D eigenvalue weighted by Gasteiger charge is 2.21. The lowest BCUT2D eigenvalue weighted by Gasteiger charge is -2.22. The van der Waals surface area contributed by atoms with E-state index in [2.05, 4.69) is 11.6 Å². The normalized spacial score (nSPS) is 10.8. The summed E-state index contributed by atoms with van der Waals surface area (Å²) in [5.74, 6) is -0.923. The molecular weight excluding hydrogens is 362 g/mol. The third kappa shape index (κ3) is 4.68. The van der Waals surface area contributed by atoms with Gasteiger partial charge in [0.05, 0.1) is 11.4 Å². The number of anilines is 2. The van der Waals surface area contributed by atoms with Crippen molar-refractivity contribution in [2.75, 3.05) is 11.5 Å². The van der Waals surface area contributed by atoms with Gasteiger partial charge >= 0.3 is 5.97 Å². The minimum atomic E-state index is -0.745. The molecule has 0 radical (unpaired) electrons. The highest BCUT2D eigenvalue weighted by molar-refractivity contribution is 7.14. The van der Waals surface area contributed by atoms with Crippen molar-refractivity contribution in [3.63, 3.8) is 0 Å². The van der Waals surface area contributed by atoms with E-state index in [-0.39, 0.29) is 18.1 Å². The second-order valence-corrected chi connectivity index (χ2v) is 6.54. The van der Waals surface area contributed by atoms with Crippen LogP contribution >= 0.6 is 11.3 Å². The van der Waals surface area contributed by atoms with Gasteiger partial charge in [0, 0.05) is 12.3 Å². The molecule has 0 fully saturated rings. The van der Waals surface area contributed by atoms with Gasteiger partial charge in [0.2, 0.25) is 5.91 Å². The van der Waals surface area contributed by atoms with Crippen molar-refractivity contribution in [3.05, 3.63) is 58.6 Å².